The summed E-state index contributed by atoms with van der Waals surface area (Å²) in [5.74, 6) is 1.62. The summed E-state index contributed by atoms with van der Waals surface area (Å²) >= 11 is 13.8. The molecule has 0 fully saturated rings. The van der Waals surface area contributed by atoms with Crippen LogP contribution in [0.2, 0.25) is 9.49 Å². The van der Waals surface area contributed by atoms with E-state index in [1.165, 1.54) is 4.88 Å². The van der Waals surface area contributed by atoms with Crippen LogP contribution < -0.4 is 4.90 Å². The van der Waals surface area contributed by atoms with Gasteiger partial charge in [-0.2, -0.15) is 0 Å². The van der Waals surface area contributed by atoms with Crippen LogP contribution in [0.5, 0.6) is 0 Å². The highest BCUT2D eigenvalue weighted by atomic mass is 35.5. The van der Waals surface area contributed by atoms with Gasteiger partial charge in [0, 0.05) is 22.9 Å². The maximum Gasteiger partial charge on any atom is 0.137 e. The van der Waals surface area contributed by atoms with E-state index in [0.29, 0.717) is 5.15 Å². The number of rotatable bonds is 3. The maximum atomic E-state index is 6.28. The van der Waals surface area contributed by atoms with Gasteiger partial charge in [0.15, 0.2) is 0 Å². The normalized spacial score (nSPS) is 11.8. The largest absolute Gasteiger partial charge is 0.354 e. The minimum atomic E-state index is -0.140. The first-order valence-corrected chi connectivity index (χ1v) is 8.25. The van der Waals surface area contributed by atoms with Crippen LogP contribution in [0.3, 0.4) is 0 Å². The number of hydrogen-bond acceptors (Lipinski definition) is 4. The zero-order chi connectivity index (χ0) is 15.8. The van der Waals surface area contributed by atoms with Crippen LogP contribution in [0.4, 0.5) is 5.82 Å². The molecule has 0 atom stereocenters. The van der Waals surface area contributed by atoms with Crippen molar-refractivity contribution in [2.75, 3.05) is 11.9 Å². The molecule has 0 aliphatic carbocycles. The van der Waals surface area contributed by atoms with Crippen molar-refractivity contribution in [1.29, 1.82) is 0 Å². The van der Waals surface area contributed by atoms with Crippen molar-refractivity contribution in [3.8, 4) is 0 Å². The Morgan fingerprint density at radius 1 is 1.19 bits per heavy atom. The predicted octanol–water partition coefficient (Wildman–Crippen LogP) is 5.09. The molecule has 3 nitrogen and oxygen atoms in total. The Labute approximate surface area is 139 Å². The number of hydrogen-bond donors (Lipinski definition) is 0. The van der Waals surface area contributed by atoms with Crippen LogP contribution in [0, 0.1) is 6.92 Å². The number of anilines is 1. The molecule has 6 heteroatoms. The summed E-state index contributed by atoms with van der Waals surface area (Å²) in [6.07, 6.45) is 0. The molecule has 0 N–H and O–H groups in total. The van der Waals surface area contributed by atoms with Gasteiger partial charge in [-0.3, -0.25) is 0 Å². The number of nitrogens with zero attached hydrogens (tertiary/aromatic N) is 3. The first-order valence-electron chi connectivity index (χ1n) is 6.68. The molecule has 2 aromatic heterocycles. The smallest absolute Gasteiger partial charge is 0.137 e. The van der Waals surface area contributed by atoms with Crippen molar-refractivity contribution in [3.63, 3.8) is 0 Å². The van der Waals surface area contributed by atoms with Crippen LogP contribution >= 0.6 is 34.5 Å². The molecule has 0 saturated carbocycles. The molecule has 2 aromatic rings. The minimum absolute atomic E-state index is 0.140. The summed E-state index contributed by atoms with van der Waals surface area (Å²) < 4.78 is 0.797. The van der Waals surface area contributed by atoms with E-state index in [1.54, 1.807) is 11.3 Å². The highest BCUT2D eigenvalue weighted by Gasteiger charge is 2.22. The molecule has 0 saturated heterocycles. The zero-order valence-electron chi connectivity index (χ0n) is 12.9. The molecule has 0 spiro atoms. The standard InChI is InChI=1S/C15H19Cl2N3S/c1-9-12(17)18-14(15(2,3)4)19-13(9)20(5)8-10-6-7-11(16)21-10/h6-7H,8H2,1-5H3. The second-order valence-corrected chi connectivity index (χ2v) is 8.26. The van der Waals surface area contributed by atoms with Crippen molar-refractivity contribution < 1.29 is 0 Å². The van der Waals surface area contributed by atoms with E-state index in [-0.39, 0.29) is 5.41 Å². The Balaban J connectivity index is 2.35. The van der Waals surface area contributed by atoms with Crippen LogP contribution in [0.1, 0.15) is 37.0 Å². The van der Waals surface area contributed by atoms with Crippen molar-refractivity contribution in [1.82, 2.24) is 9.97 Å². The summed E-state index contributed by atoms with van der Waals surface area (Å²) in [6.45, 7) is 8.93. The number of halogens is 2. The van der Waals surface area contributed by atoms with E-state index in [1.807, 2.05) is 26.1 Å². The van der Waals surface area contributed by atoms with Gasteiger partial charge in [-0.25, -0.2) is 9.97 Å². The molecule has 2 rings (SSSR count). The quantitative estimate of drug-likeness (QED) is 0.727. The monoisotopic (exact) mass is 343 g/mol. The lowest BCUT2D eigenvalue weighted by molar-refractivity contribution is 0.544. The van der Waals surface area contributed by atoms with Gasteiger partial charge in [0.05, 0.1) is 10.9 Å². The van der Waals surface area contributed by atoms with Gasteiger partial charge < -0.3 is 4.90 Å². The molecule has 0 bridgehead atoms. The van der Waals surface area contributed by atoms with Crippen molar-refractivity contribution >= 4 is 40.4 Å². The van der Waals surface area contributed by atoms with Gasteiger partial charge in [-0.15, -0.1) is 11.3 Å². The summed E-state index contributed by atoms with van der Waals surface area (Å²) in [6, 6.07) is 3.95. The SMILES string of the molecule is Cc1c(Cl)nc(C(C)(C)C)nc1N(C)Cc1ccc(Cl)s1. The lowest BCUT2D eigenvalue weighted by Gasteiger charge is -2.24. The fourth-order valence-corrected chi connectivity index (χ4v) is 3.24. The van der Waals surface area contributed by atoms with Gasteiger partial charge in [0.2, 0.25) is 0 Å². The van der Waals surface area contributed by atoms with Gasteiger partial charge in [0.1, 0.15) is 16.8 Å². The number of thiophene rings is 1. The summed E-state index contributed by atoms with van der Waals surface area (Å²) in [5.41, 5.74) is 0.758. The average Bonchev–Trinajstić information content (AvgIpc) is 2.76. The highest BCUT2D eigenvalue weighted by molar-refractivity contribution is 7.16. The fraction of sp³-hybridized carbons (Fsp3) is 0.467. The molecule has 114 valence electrons. The van der Waals surface area contributed by atoms with E-state index >= 15 is 0 Å². The van der Waals surface area contributed by atoms with E-state index in [0.717, 1.165) is 28.1 Å². The average molecular weight is 344 g/mol. The maximum absolute atomic E-state index is 6.28. The second-order valence-electron chi connectivity index (χ2n) is 6.10. The van der Waals surface area contributed by atoms with E-state index < -0.39 is 0 Å². The molecule has 2 heterocycles. The molecule has 0 aromatic carbocycles. The lowest BCUT2D eigenvalue weighted by atomic mass is 9.95. The molecule has 0 aliphatic heterocycles. The Bertz CT molecular complexity index is 647. The topological polar surface area (TPSA) is 29.0 Å². The summed E-state index contributed by atoms with van der Waals surface area (Å²) in [4.78, 5) is 12.4. The highest BCUT2D eigenvalue weighted by Crippen LogP contribution is 2.29. The van der Waals surface area contributed by atoms with Crippen LogP contribution in [-0.4, -0.2) is 17.0 Å². The number of aromatic nitrogens is 2. The van der Waals surface area contributed by atoms with Gasteiger partial charge in [0.25, 0.3) is 0 Å². The third-order valence-electron chi connectivity index (χ3n) is 3.11. The van der Waals surface area contributed by atoms with Crippen LogP contribution in [0.15, 0.2) is 12.1 Å². The lowest BCUT2D eigenvalue weighted by Crippen LogP contribution is -2.23. The van der Waals surface area contributed by atoms with E-state index in [4.69, 9.17) is 28.2 Å². The summed E-state index contributed by atoms with van der Waals surface area (Å²) in [5, 5.41) is 0.515. The fourth-order valence-electron chi connectivity index (χ4n) is 1.93. The molecular weight excluding hydrogens is 325 g/mol. The Morgan fingerprint density at radius 2 is 1.86 bits per heavy atom. The Hall–Kier alpha value is -0.840. The molecular formula is C15H19Cl2N3S. The molecule has 0 amide bonds. The minimum Gasteiger partial charge on any atom is -0.354 e. The van der Waals surface area contributed by atoms with Gasteiger partial charge in [-0.05, 0) is 19.1 Å². The van der Waals surface area contributed by atoms with Crippen molar-refractivity contribution in [2.45, 2.75) is 39.7 Å². The second kappa shape index (κ2) is 6.11. The first-order chi connectivity index (χ1) is 9.68. The van der Waals surface area contributed by atoms with Crippen molar-refractivity contribution in [2.24, 2.45) is 0 Å². The van der Waals surface area contributed by atoms with Crippen LogP contribution in [-0.2, 0) is 12.0 Å². The third-order valence-corrected chi connectivity index (χ3v) is 4.70. The molecule has 0 unspecified atom stereocenters. The van der Waals surface area contributed by atoms with E-state index in [2.05, 4.69) is 30.7 Å². The predicted molar refractivity (Wildman–Crippen MR) is 91.9 cm³/mol. The molecule has 0 aliphatic rings. The summed E-state index contributed by atoms with van der Waals surface area (Å²) in [7, 11) is 2.01. The Kier molecular flexibility index (Phi) is 4.81. The van der Waals surface area contributed by atoms with Gasteiger partial charge >= 0.3 is 0 Å². The van der Waals surface area contributed by atoms with Crippen molar-refractivity contribution in [3.05, 3.63) is 37.9 Å². The van der Waals surface area contributed by atoms with Crippen LogP contribution in [0.25, 0.3) is 0 Å². The molecule has 21 heavy (non-hydrogen) atoms. The Morgan fingerprint density at radius 3 is 2.38 bits per heavy atom. The first kappa shape index (κ1) is 16.5. The third kappa shape index (κ3) is 3.87. The van der Waals surface area contributed by atoms with E-state index in [9.17, 15) is 0 Å². The zero-order valence-corrected chi connectivity index (χ0v) is 15.2. The van der Waals surface area contributed by atoms with Gasteiger partial charge in [-0.1, -0.05) is 44.0 Å². The molecule has 0 radical (unpaired) electrons.